The van der Waals surface area contributed by atoms with E-state index in [1.807, 2.05) is 23.1 Å². The van der Waals surface area contributed by atoms with Crippen LogP contribution in [-0.4, -0.2) is 66.5 Å². The van der Waals surface area contributed by atoms with E-state index in [0.29, 0.717) is 11.6 Å². The molecule has 2 heterocycles. The standard InChI is InChI=1S/C17H23BrN2O2S/c1-22-14-3-4-16(18)15(11-14)17(21)20-7-2-6-19(8-9-20)13-5-10-23-12-13/h3-4,11,13H,2,5-10,12H2,1H3. The number of nitrogens with zero attached hydrogens (tertiary/aromatic N) is 2. The highest BCUT2D eigenvalue weighted by Gasteiger charge is 2.27. The van der Waals surface area contributed by atoms with Gasteiger partial charge < -0.3 is 9.64 Å². The van der Waals surface area contributed by atoms with Crippen molar-refractivity contribution in [1.82, 2.24) is 9.80 Å². The second-order valence-electron chi connectivity index (χ2n) is 6.04. The Morgan fingerprint density at radius 3 is 2.91 bits per heavy atom. The summed E-state index contributed by atoms with van der Waals surface area (Å²) in [6.45, 7) is 3.73. The molecule has 1 aromatic carbocycles. The minimum atomic E-state index is 0.0958. The van der Waals surface area contributed by atoms with Gasteiger partial charge in [0.2, 0.25) is 0 Å². The fourth-order valence-corrected chi connectivity index (χ4v) is 4.95. The summed E-state index contributed by atoms with van der Waals surface area (Å²) in [5.41, 5.74) is 0.689. The highest BCUT2D eigenvalue weighted by atomic mass is 79.9. The minimum Gasteiger partial charge on any atom is -0.497 e. The van der Waals surface area contributed by atoms with Crippen LogP contribution in [0.25, 0.3) is 0 Å². The molecule has 4 nitrogen and oxygen atoms in total. The van der Waals surface area contributed by atoms with E-state index >= 15 is 0 Å². The van der Waals surface area contributed by atoms with Crippen molar-refractivity contribution in [3.8, 4) is 5.75 Å². The molecule has 3 rings (SSSR count). The topological polar surface area (TPSA) is 32.8 Å². The first kappa shape index (κ1) is 17.1. The molecule has 126 valence electrons. The lowest BCUT2D eigenvalue weighted by molar-refractivity contribution is 0.0757. The van der Waals surface area contributed by atoms with Crippen LogP contribution >= 0.6 is 27.7 Å². The summed E-state index contributed by atoms with van der Waals surface area (Å²) in [5, 5.41) is 0. The molecule has 1 unspecified atom stereocenters. The quantitative estimate of drug-likeness (QED) is 0.782. The third-order valence-corrected chi connectivity index (χ3v) is 6.48. The van der Waals surface area contributed by atoms with Gasteiger partial charge in [0.1, 0.15) is 5.75 Å². The van der Waals surface area contributed by atoms with Crippen LogP contribution in [0.3, 0.4) is 0 Å². The summed E-state index contributed by atoms with van der Waals surface area (Å²) >= 11 is 5.55. The zero-order valence-corrected chi connectivity index (χ0v) is 15.9. The van der Waals surface area contributed by atoms with Crippen molar-refractivity contribution in [3.05, 3.63) is 28.2 Å². The first-order valence-electron chi connectivity index (χ1n) is 8.13. The predicted octanol–water partition coefficient (Wildman–Crippen LogP) is 3.11. The summed E-state index contributed by atoms with van der Waals surface area (Å²) in [7, 11) is 1.63. The Labute approximate surface area is 150 Å². The molecule has 0 aromatic heterocycles. The zero-order chi connectivity index (χ0) is 16.2. The smallest absolute Gasteiger partial charge is 0.255 e. The van der Waals surface area contributed by atoms with Crippen molar-refractivity contribution in [2.24, 2.45) is 0 Å². The molecule has 1 atom stereocenters. The molecule has 6 heteroatoms. The first-order chi connectivity index (χ1) is 11.2. The number of ether oxygens (including phenoxy) is 1. The van der Waals surface area contributed by atoms with E-state index in [9.17, 15) is 4.79 Å². The number of hydrogen-bond donors (Lipinski definition) is 0. The summed E-state index contributed by atoms with van der Waals surface area (Å²) < 4.78 is 6.08. The minimum absolute atomic E-state index is 0.0958. The lowest BCUT2D eigenvalue weighted by Gasteiger charge is -2.27. The summed E-state index contributed by atoms with van der Waals surface area (Å²) in [6, 6.07) is 6.27. The average molecular weight is 399 g/mol. The van der Waals surface area contributed by atoms with Gasteiger partial charge in [0.15, 0.2) is 0 Å². The number of methoxy groups -OCH3 is 1. The Bertz CT molecular complexity index is 564. The van der Waals surface area contributed by atoms with Gasteiger partial charge in [0.25, 0.3) is 5.91 Å². The number of carbonyl (C=O) groups is 1. The molecular weight excluding hydrogens is 376 g/mol. The number of benzene rings is 1. The molecule has 2 saturated heterocycles. The number of thioether (sulfide) groups is 1. The molecule has 0 saturated carbocycles. The lowest BCUT2D eigenvalue weighted by Crippen LogP contribution is -2.39. The number of amides is 1. The van der Waals surface area contributed by atoms with Crippen LogP contribution in [0, 0.1) is 0 Å². The Hall–Kier alpha value is -0.720. The van der Waals surface area contributed by atoms with Gasteiger partial charge in [-0.15, -0.1) is 0 Å². The summed E-state index contributed by atoms with van der Waals surface area (Å²) in [6.07, 6.45) is 2.34. The van der Waals surface area contributed by atoms with E-state index in [-0.39, 0.29) is 5.91 Å². The zero-order valence-electron chi connectivity index (χ0n) is 13.5. The number of hydrogen-bond acceptors (Lipinski definition) is 4. The van der Waals surface area contributed by atoms with Gasteiger partial charge >= 0.3 is 0 Å². The molecule has 2 aliphatic rings. The SMILES string of the molecule is COc1ccc(Br)c(C(=O)N2CCCN(C3CCSC3)CC2)c1. The molecule has 1 amide bonds. The first-order valence-corrected chi connectivity index (χ1v) is 10.1. The van der Waals surface area contributed by atoms with Crippen LogP contribution in [0.1, 0.15) is 23.2 Å². The van der Waals surface area contributed by atoms with Crippen molar-refractivity contribution >= 4 is 33.6 Å². The van der Waals surface area contributed by atoms with Crippen LogP contribution in [0.2, 0.25) is 0 Å². The normalized spacial score (nSPS) is 22.9. The number of rotatable bonds is 3. The molecule has 0 radical (unpaired) electrons. The number of halogens is 1. The molecule has 2 aliphatic heterocycles. The second-order valence-corrected chi connectivity index (χ2v) is 8.05. The molecule has 0 aliphatic carbocycles. The Kier molecular flexibility index (Phi) is 5.88. The third kappa shape index (κ3) is 4.03. The van der Waals surface area contributed by atoms with Gasteiger partial charge in [-0.1, -0.05) is 0 Å². The lowest BCUT2D eigenvalue weighted by atomic mass is 10.2. The van der Waals surface area contributed by atoms with Gasteiger partial charge in [-0.05, 0) is 52.7 Å². The molecule has 23 heavy (non-hydrogen) atoms. The van der Waals surface area contributed by atoms with Gasteiger partial charge in [0, 0.05) is 42.4 Å². The van der Waals surface area contributed by atoms with Crippen LogP contribution in [0.15, 0.2) is 22.7 Å². The monoisotopic (exact) mass is 398 g/mol. The summed E-state index contributed by atoms with van der Waals surface area (Å²) in [4.78, 5) is 17.5. The average Bonchev–Trinajstić information content (AvgIpc) is 2.99. The van der Waals surface area contributed by atoms with E-state index < -0.39 is 0 Å². The molecule has 0 N–H and O–H groups in total. The van der Waals surface area contributed by atoms with Crippen molar-refractivity contribution in [1.29, 1.82) is 0 Å². The van der Waals surface area contributed by atoms with Crippen molar-refractivity contribution < 1.29 is 9.53 Å². The van der Waals surface area contributed by atoms with Crippen LogP contribution < -0.4 is 4.74 Å². The Morgan fingerprint density at radius 2 is 2.17 bits per heavy atom. The molecule has 2 fully saturated rings. The molecule has 0 bridgehead atoms. The molecular formula is C17H23BrN2O2S. The molecule has 0 spiro atoms. The van der Waals surface area contributed by atoms with Gasteiger partial charge in [-0.3, -0.25) is 9.69 Å². The maximum absolute atomic E-state index is 12.9. The highest BCUT2D eigenvalue weighted by molar-refractivity contribution is 9.10. The second kappa shape index (κ2) is 7.90. The fraction of sp³-hybridized carbons (Fsp3) is 0.588. The third-order valence-electron chi connectivity index (χ3n) is 4.64. The molecule has 1 aromatic rings. The van der Waals surface area contributed by atoms with Crippen LogP contribution in [0.4, 0.5) is 0 Å². The van der Waals surface area contributed by atoms with Gasteiger partial charge in [-0.25, -0.2) is 0 Å². The van der Waals surface area contributed by atoms with E-state index in [4.69, 9.17) is 4.74 Å². The summed E-state index contributed by atoms with van der Waals surface area (Å²) in [5.74, 6) is 3.34. The number of carbonyl (C=O) groups excluding carboxylic acids is 1. The Balaban J connectivity index is 1.68. The van der Waals surface area contributed by atoms with Crippen LogP contribution in [0.5, 0.6) is 5.75 Å². The maximum atomic E-state index is 12.9. The fourth-order valence-electron chi connectivity index (χ4n) is 3.28. The van der Waals surface area contributed by atoms with Crippen LogP contribution in [-0.2, 0) is 0 Å². The van der Waals surface area contributed by atoms with Crippen molar-refractivity contribution in [2.45, 2.75) is 18.9 Å². The largest absolute Gasteiger partial charge is 0.497 e. The van der Waals surface area contributed by atoms with E-state index in [1.54, 1.807) is 7.11 Å². The van der Waals surface area contributed by atoms with Gasteiger partial charge in [-0.2, -0.15) is 11.8 Å². The predicted molar refractivity (Wildman–Crippen MR) is 98.5 cm³/mol. The van der Waals surface area contributed by atoms with Gasteiger partial charge in [0.05, 0.1) is 12.7 Å². The van der Waals surface area contributed by atoms with Crippen molar-refractivity contribution in [2.75, 3.05) is 44.8 Å². The highest BCUT2D eigenvalue weighted by Crippen LogP contribution is 2.26. The van der Waals surface area contributed by atoms with E-state index in [0.717, 1.165) is 42.8 Å². The van der Waals surface area contributed by atoms with E-state index in [2.05, 4.69) is 32.6 Å². The Morgan fingerprint density at radius 1 is 1.30 bits per heavy atom. The van der Waals surface area contributed by atoms with Crippen molar-refractivity contribution in [3.63, 3.8) is 0 Å². The van der Waals surface area contributed by atoms with E-state index in [1.165, 1.54) is 17.9 Å². The maximum Gasteiger partial charge on any atom is 0.255 e.